The molecule has 2 atom stereocenters. The van der Waals surface area contributed by atoms with Crippen molar-refractivity contribution in [3.8, 4) is 5.75 Å². The molecular weight excluding hydrogens is 376 g/mol. The number of hydrogen-bond donors (Lipinski definition) is 2. The molecule has 1 aliphatic heterocycles. The van der Waals surface area contributed by atoms with E-state index in [1.165, 1.54) is 11.3 Å². The lowest BCUT2D eigenvalue weighted by molar-refractivity contribution is -0.143. The van der Waals surface area contributed by atoms with Crippen molar-refractivity contribution in [2.24, 2.45) is 0 Å². The third-order valence-electron chi connectivity index (χ3n) is 5.76. The number of thiazole rings is 1. The van der Waals surface area contributed by atoms with E-state index in [9.17, 15) is 9.90 Å². The largest absolute Gasteiger partial charge is 0.506 e. The van der Waals surface area contributed by atoms with Gasteiger partial charge in [0.1, 0.15) is 16.2 Å². The van der Waals surface area contributed by atoms with Crippen LogP contribution in [0.25, 0.3) is 0 Å². The first-order valence-corrected chi connectivity index (χ1v) is 10.7. The van der Waals surface area contributed by atoms with E-state index in [-0.39, 0.29) is 17.7 Å². The highest BCUT2D eigenvalue weighted by atomic mass is 32.1. The molecule has 0 radical (unpaired) electrons. The second-order valence-electron chi connectivity index (χ2n) is 7.63. The van der Waals surface area contributed by atoms with Crippen LogP contribution in [0.1, 0.15) is 46.7 Å². The second-order valence-corrected chi connectivity index (χ2v) is 8.49. The standard InChI is InChI=1S/C20H26N4O3S/c1-14-18(28-13-22-14)19(26)23-17-6-2-3-7-20(17)12-24(9-10-27-20)11-15-16(25)5-4-8-21-15/h4-5,8,13,17,25H,2-3,6-7,9-12H2,1H3,(H,23,26)/t17-,20+/m1/s1. The van der Waals surface area contributed by atoms with E-state index in [1.807, 2.05) is 6.92 Å². The van der Waals surface area contributed by atoms with Gasteiger partial charge in [0, 0.05) is 25.8 Å². The number of amides is 1. The number of aromatic hydroxyl groups is 1. The third kappa shape index (κ3) is 3.90. The van der Waals surface area contributed by atoms with Gasteiger partial charge < -0.3 is 15.2 Å². The Morgan fingerprint density at radius 2 is 2.36 bits per heavy atom. The normalized spacial score (nSPS) is 25.7. The van der Waals surface area contributed by atoms with Gasteiger partial charge in [-0.15, -0.1) is 11.3 Å². The summed E-state index contributed by atoms with van der Waals surface area (Å²) in [4.78, 5) is 24.2. The molecule has 7 nitrogen and oxygen atoms in total. The fourth-order valence-electron chi connectivity index (χ4n) is 4.30. The minimum Gasteiger partial charge on any atom is -0.506 e. The van der Waals surface area contributed by atoms with Gasteiger partial charge in [0.25, 0.3) is 5.91 Å². The summed E-state index contributed by atoms with van der Waals surface area (Å²) in [6.45, 7) is 4.55. The minimum atomic E-state index is -0.394. The van der Waals surface area contributed by atoms with E-state index in [0.29, 0.717) is 23.7 Å². The van der Waals surface area contributed by atoms with Crippen molar-refractivity contribution in [3.63, 3.8) is 0 Å². The number of hydrogen-bond acceptors (Lipinski definition) is 7. The first-order valence-electron chi connectivity index (χ1n) is 9.77. The van der Waals surface area contributed by atoms with Crippen molar-refractivity contribution in [3.05, 3.63) is 40.1 Å². The van der Waals surface area contributed by atoms with Gasteiger partial charge in [0.15, 0.2) is 0 Å². The first kappa shape index (κ1) is 19.3. The summed E-state index contributed by atoms with van der Waals surface area (Å²) >= 11 is 1.37. The number of ether oxygens (including phenoxy) is 1. The summed E-state index contributed by atoms with van der Waals surface area (Å²) in [6.07, 6.45) is 5.70. The van der Waals surface area contributed by atoms with Gasteiger partial charge in [-0.3, -0.25) is 14.7 Å². The molecule has 0 unspecified atom stereocenters. The Labute approximate surface area is 168 Å². The second kappa shape index (κ2) is 8.14. The lowest BCUT2D eigenvalue weighted by Crippen LogP contribution is -2.63. The average Bonchev–Trinajstić information content (AvgIpc) is 3.12. The number of carbonyl (C=O) groups is 1. The summed E-state index contributed by atoms with van der Waals surface area (Å²) in [7, 11) is 0. The number of nitrogens with zero attached hydrogens (tertiary/aromatic N) is 3. The van der Waals surface area contributed by atoms with Gasteiger partial charge in [0.2, 0.25) is 0 Å². The van der Waals surface area contributed by atoms with E-state index in [0.717, 1.165) is 44.5 Å². The molecule has 1 amide bonds. The van der Waals surface area contributed by atoms with E-state index < -0.39 is 5.60 Å². The van der Waals surface area contributed by atoms with Crippen molar-refractivity contribution in [1.29, 1.82) is 0 Å². The number of aromatic nitrogens is 2. The molecule has 2 N–H and O–H groups in total. The van der Waals surface area contributed by atoms with Crippen molar-refractivity contribution in [2.75, 3.05) is 19.7 Å². The maximum atomic E-state index is 12.8. The molecule has 2 aromatic rings. The zero-order chi connectivity index (χ0) is 19.6. The van der Waals surface area contributed by atoms with Gasteiger partial charge in [-0.05, 0) is 31.9 Å². The summed E-state index contributed by atoms with van der Waals surface area (Å²) in [5.41, 5.74) is 2.76. The van der Waals surface area contributed by atoms with Crippen molar-refractivity contribution >= 4 is 17.2 Å². The maximum Gasteiger partial charge on any atom is 0.263 e. The topological polar surface area (TPSA) is 87.6 Å². The van der Waals surface area contributed by atoms with Crippen LogP contribution < -0.4 is 5.32 Å². The molecule has 1 saturated heterocycles. The number of rotatable bonds is 4. The fourth-order valence-corrected chi connectivity index (χ4v) is 5.00. The predicted octanol–water partition coefficient (Wildman–Crippen LogP) is 2.50. The van der Waals surface area contributed by atoms with Crippen molar-refractivity contribution in [2.45, 2.75) is 50.8 Å². The Morgan fingerprint density at radius 3 is 3.14 bits per heavy atom. The van der Waals surface area contributed by atoms with Crippen LogP contribution in [0.3, 0.4) is 0 Å². The van der Waals surface area contributed by atoms with Gasteiger partial charge >= 0.3 is 0 Å². The summed E-state index contributed by atoms with van der Waals surface area (Å²) in [5.74, 6) is 0.159. The molecule has 2 fully saturated rings. The lowest BCUT2D eigenvalue weighted by Gasteiger charge is -2.49. The number of carbonyl (C=O) groups excluding carboxylic acids is 1. The van der Waals surface area contributed by atoms with E-state index in [2.05, 4.69) is 20.2 Å². The van der Waals surface area contributed by atoms with Crippen LogP contribution in [0.2, 0.25) is 0 Å². The van der Waals surface area contributed by atoms with Crippen LogP contribution in [0, 0.1) is 6.92 Å². The van der Waals surface area contributed by atoms with Crippen LogP contribution >= 0.6 is 11.3 Å². The monoisotopic (exact) mass is 402 g/mol. The van der Waals surface area contributed by atoms with E-state index in [4.69, 9.17) is 4.74 Å². The number of aryl methyl sites for hydroxylation is 1. The zero-order valence-electron chi connectivity index (χ0n) is 16.1. The summed E-state index contributed by atoms with van der Waals surface area (Å²) in [6, 6.07) is 3.36. The smallest absolute Gasteiger partial charge is 0.263 e. The van der Waals surface area contributed by atoms with Gasteiger partial charge in [-0.25, -0.2) is 4.98 Å². The SMILES string of the molecule is Cc1ncsc1C(=O)N[C@@H]1CCCC[C@]12CN(Cc1ncccc1O)CCO2. The van der Waals surface area contributed by atoms with Crippen LogP contribution in [0.5, 0.6) is 5.75 Å². The Morgan fingerprint density at radius 1 is 1.46 bits per heavy atom. The predicted molar refractivity (Wildman–Crippen MR) is 106 cm³/mol. The molecule has 1 spiro atoms. The molecule has 4 rings (SSSR count). The van der Waals surface area contributed by atoms with Crippen LogP contribution in [-0.2, 0) is 11.3 Å². The van der Waals surface area contributed by atoms with Gasteiger partial charge in [0.05, 0.1) is 29.5 Å². The molecule has 1 saturated carbocycles. The Bertz CT molecular complexity index is 838. The third-order valence-corrected chi connectivity index (χ3v) is 6.69. The summed E-state index contributed by atoms with van der Waals surface area (Å²) in [5, 5.41) is 13.3. The molecule has 8 heteroatoms. The molecule has 1 aliphatic carbocycles. The number of morpholine rings is 1. The highest BCUT2D eigenvalue weighted by molar-refractivity contribution is 7.11. The fraction of sp³-hybridized carbons (Fsp3) is 0.550. The molecule has 150 valence electrons. The Kier molecular flexibility index (Phi) is 5.61. The Hall–Kier alpha value is -2.03. The molecule has 28 heavy (non-hydrogen) atoms. The van der Waals surface area contributed by atoms with Crippen molar-refractivity contribution < 1.29 is 14.6 Å². The molecule has 0 aromatic carbocycles. The van der Waals surface area contributed by atoms with E-state index in [1.54, 1.807) is 23.8 Å². The number of nitrogens with one attached hydrogen (secondary N) is 1. The highest BCUT2D eigenvalue weighted by Crippen LogP contribution is 2.36. The molecule has 3 heterocycles. The molecule has 2 aliphatic rings. The van der Waals surface area contributed by atoms with Gasteiger partial charge in [-0.2, -0.15) is 0 Å². The highest BCUT2D eigenvalue weighted by Gasteiger charge is 2.46. The maximum absolute atomic E-state index is 12.8. The van der Waals surface area contributed by atoms with Crippen LogP contribution in [-0.4, -0.2) is 57.2 Å². The number of pyridine rings is 1. The van der Waals surface area contributed by atoms with Crippen LogP contribution in [0.4, 0.5) is 0 Å². The van der Waals surface area contributed by atoms with E-state index >= 15 is 0 Å². The molecule has 0 bridgehead atoms. The van der Waals surface area contributed by atoms with Crippen molar-refractivity contribution in [1.82, 2.24) is 20.2 Å². The van der Waals surface area contributed by atoms with Crippen LogP contribution in [0.15, 0.2) is 23.8 Å². The molecular formula is C20H26N4O3S. The first-order chi connectivity index (χ1) is 13.6. The lowest BCUT2D eigenvalue weighted by atomic mass is 9.78. The molecule has 2 aromatic heterocycles. The summed E-state index contributed by atoms with van der Waals surface area (Å²) < 4.78 is 6.31. The zero-order valence-corrected chi connectivity index (χ0v) is 16.9. The van der Waals surface area contributed by atoms with Gasteiger partial charge in [-0.1, -0.05) is 12.8 Å². The minimum absolute atomic E-state index is 0.0321. The quantitative estimate of drug-likeness (QED) is 0.817. The average molecular weight is 403 g/mol. The Balaban J connectivity index is 1.49.